The van der Waals surface area contributed by atoms with Crippen LogP contribution in [0.4, 0.5) is 0 Å². The van der Waals surface area contributed by atoms with Crippen LogP contribution in [0.5, 0.6) is 5.75 Å². The summed E-state index contributed by atoms with van der Waals surface area (Å²) in [6.07, 6.45) is 1.54. The molecule has 1 amide bonds. The Morgan fingerprint density at radius 1 is 1.20 bits per heavy atom. The normalized spacial score (nSPS) is 11.1. The monoisotopic (exact) mass is 332 g/mol. The van der Waals surface area contributed by atoms with Gasteiger partial charge in [-0.2, -0.15) is 0 Å². The van der Waals surface area contributed by atoms with Crippen LogP contribution >= 0.6 is 0 Å². The predicted molar refractivity (Wildman–Crippen MR) is 96.6 cm³/mol. The van der Waals surface area contributed by atoms with Gasteiger partial charge < -0.3 is 14.8 Å². The fraction of sp³-hybridized carbons (Fsp3) is 0.100. The Morgan fingerprint density at radius 3 is 2.76 bits per heavy atom. The number of carbonyl (C=O) groups excluding carboxylic acids is 1. The number of fused-ring (bicyclic) bond motifs is 3. The maximum atomic E-state index is 12.6. The van der Waals surface area contributed by atoms with Crippen LogP contribution in [0.15, 0.2) is 59.1 Å². The van der Waals surface area contributed by atoms with Gasteiger partial charge in [-0.25, -0.2) is 4.98 Å². The van der Waals surface area contributed by atoms with Gasteiger partial charge in [-0.15, -0.1) is 0 Å². The molecular weight excluding hydrogens is 316 g/mol. The first-order chi connectivity index (χ1) is 12.2. The summed E-state index contributed by atoms with van der Waals surface area (Å²) in [4.78, 5) is 16.9. The van der Waals surface area contributed by atoms with Crippen LogP contribution in [-0.2, 0) is 0 Å². The summed E-state index contributed by atoms with van der Waals surface area (Å²) < 4.78 is 5.81. The van der Waals surface area contributed by atoms with Crippen LogP contribution in [0.3, 0.4) is 0 Å². The number of amides is 1. The Labute approximate surface area is 143 Å². The number of hydrogen-bond acceptors (Lipinski definition) is 4. The lowest BCUT2D eigenvalue weighted by atomic mass is 9.96. The zero-order chi connectivity index (χ0) is 17.4. The first-order valence-corrected chi connectivity index (χ1v) is 8.07. The molecule has 0 bridgehead atoms. The summed E-state index contributed by atoms with van der Waals surface area (Å²) >= 11 is 0. The van der Waals surface area contributed by atoms with E-state index in [2.05, 4.69) is 10.3 Å². The minimum absolute atomic E-state index is 0.137. The molecule has 25 heavy (non-hydrogen) atoms. The maximum Gasteiger partial charge on any atom is 0.253 e. The second kappa shape index (κ2) is 5.94. The van der Waals surface area contributed by atoms with E-state index in [-0.39, 0.29) is 11.7 Å². The van der Waals surface area contributed by atoms with E-state index in [0.29, 0.717) is 23.4 Å². The molecule has 0 spiro atoms. The van der Waals surface area contributed by atoms with Crippen LogP contribution in [0, 0.1) is 0 Å². The molecular formula is C20H16N2O3. The molecule has 2 aromatic carbocycles. The SMILES string of the molecule is CCNC(=O)c1cnc2oc3ccc(O)cc3c2c1-c1ccccc1. The van der Waals surface area contributed by atoms with Crippen LogP contribution in [-0.4, -0.2) is 22.5 Å². The van der Waals surface area contributed by atoms with Gasteiger partial charge in [-0.3, -0.25) is 4.79 Å². The number of rotatable bonds is 3. The molecule has 0 atom stereocenters. The highest BCUT2D eigenvalue weighted by Crippen LogP contribution is 2.38. The van der Waals surface area contributed by atoms with E-state index in [1.54, 1.807) is 18.2 Å². The summed E-state index contributed by atoms with van der Waals surface area (Å²) in [7, 11) is 0. The number of aromatic hydroxyl groups is 1. The predicted octanol–water partition coefficient (Wildman–Crippen LogP) is 4.10. The number of furan rings is 1. The molecule has 0 fully saturated rings. The van der Waals surface area contributed by atoms with E-state index >= 15 is 0 Å². The van der Waals surface area contributed by atoms with Gasteiger partial charge in [0.2, 0.25) is 5.71 Å². The average molecular weight is 332 g/mol. The topological polar surface area (TPSA) is 75.4 Å². The molecule has 0 aliphatic heterocycles. The zero-order valence-electron chi connectivity index (χ0n) is 13.6. The van der Waals surface area contributed by atoms with Crippen molar-refractivity contribution in [3.63, 3.8) is 0 Å². The molecule has 5 nitrogen and oxygen atoms in total. The molecule has 2 aromatic heterocycles. The number of nitrogens with zero attached hydrogens (tertiary/aromatic N) is 1. The number of carbonyl (C=O) groups is 1. The first-order valence-electron chi connectivity index (χ1n) is 8.07. The summed E-state index contributed by atoms with van der Waals surface area (Å²) in [5.41, 5.74) is 3.17. The van der Waals surface area contributed by atoms with Gasteiger partial charge in [0, 0.05) is 23.7 Å². The molecule has 0 saturated heterocycles. The number of phenols is 1. The molecule has 0 saturated carbocycles. The standard InChI is InChI=1S/C20H16N2O3/c1-2-21-19(24)15-11-22-20-18(17(15)12-6-4-3-5-7-12)14-10-13(23)8-9-16(14)25-20/h3-11,23H,2H2,1H3,(H,21,24). The number of aromatic nitrogens is 1. The molecule has 124 valence electrons. The van der Waals surface area contributed by atoms with Crippen molar-refractivity contribution in [2.45, 2.75) is 6.92 Å². The molecule has 0 unspecified atom stereocenters. The van der Waals surface area contributed by atoms with E-state index in [1.165, 1.54) is 6.20 Å². The highest BCUT2D eigenvalue weighted by atomic mass is 16.3. The van der Waals surface area contributed by atoms with Crippen LogP contribution in [0.1, 0.15) is 17.3 Å². The van der Waals surface area contributed by atoms with Gasteiger partial charge in [0.05, 0.1) is 10.9 Å². The lowest BCUT2D eigenvalue weighted by molar-refractivity contribution is 0.0956. The molecule has 4 rings (SSSR count). The third-order valence-corrected chi connectivity index (χ3v) is 4.13. The van der Waals surface area contributed by atoms with Crippen LogP contribution < -0.4 is 5.32 Å². The Bertz CT molecular complexity index is 1080. The molecule has 4 aromatic rings. The lowest BCUT2D eigenvalue weighted by Gasteiger charge is -2.10. The second-order valence-corrected chi connectivity index (χ2v) is 5.74. The van der Waals surface area contributed by atoms with Crippen LogP contribution in [0.25, 0.3) is 33.2 Å². The van der Waals surface area contributed by atoms with Crippen molar-refractivity contribution in [3.8, 4) is 16.9 Å². The first kappa shape index (κ1) is 15.2. The van der Waals surface area contributed by atoms with Gasteiger partial charge >= 0.3 is 0 Å². The van der Waals surface area contributed by atoms with Gasteiger partial charge in [-0.05, 0) is 30.7 Å². The molecule has 5 heteroatoms. The van der Waals surface area contributed by atoms with Gasteiger partial charge in [-0.1, -0.05) is 30.3 Å². The summed E-state index contributed by atoms with van der Waals surface area (Å²) in [5.74, 6) is -0.0529. The van der Waals surface area contributed by atoms with E-state index in [9.17, 15) is 9.90 Å². The Hall–Kier alpha value is -3.34. The largest absolute Gasteiger partial charge is 0.508 e. The Kier molecular flexibility index (Phi) is 3.61. The number of phenolic OH excluding ortho intramolecular Hbond substituents is 1. The van der Waals surface area contributed by atoms with Gasteiger partial charge in [0.25, 0.3) is 5.91 Å². The fourth-order valence-electron chi connectivity index (χ4n) is 3.06. The molecule has 0 radical (unpaired) electrons. The number of nitrogens with one attached hydrogen (secondary N) is 1. The van der Waals surface area contributed by atoms with Crippen molar-refractivity contribution < 1.29 is 14.3 Å². The third-order valence-electron chi connectivity index (χ3n) is 4.13. The summed E-state index contributed by atoms with van der Waals surface area (Å²) in [6.45, 7) is 2.40. The average Bonchev–Trinajstić information content (AvgIpc) is 2.99. The lowest BCUT2D eigenvalue weighted by Crippen LogP contribution is -2.23. The van der Waals surface area contributed by atoms with Crippen molar-refractivity contribution in [1.82, 2.24) is 10.3 Å². The van der Waals surface area contributed by atoms with Gasteiger partial charge in [0.1, 0.15) is 11.3 Å². The number of pyridine rings is 1. The Balaban J connectivity index is 2.14. The highest BCUT2D eigenvalue weighted by molar-refractivity contribution is 6.16. The molecule has 0 aliphatic carbocycles. The maximum absolute atomic E-state index is 12.6. The molecule has 2 N–H and O–H groups in total. The number of benzene rings is 2. The van der Waals surface area contributed by atoms with E-state index < -0.39 is 0 Å². The van der Waals surface area contributed by atoms with Gasteiger partial charge in [0.15, 0.2) is 0 Å². The minimum Gasteiger partial charge on any atom is -0.508 e. The zero-order valence-corrected chi connectivity index (χ0v) is 13.6. The summed E-state index contributed by atoms with van der Waals surface area (Å²) in [5, 5.41) is 14.2. The van der Waals surface area contributed by atoms with E-state index in [0.717, 1.165) is 21.9 Å². The van der Waals surface area contributed by atoms with Crippen molar-refractivity contribution in [2.24, 2.45) is 0 Å². The van der Waals surface area contributed by atoms with Crippen molar-refractivity contribution in [1.29, 1.82) is 0 Å². The molecule has 0 aliphatic rings. The Morgan fingerprint density at radius 2 is 2.00 bits per heavy atom. The van der Waals surface area contributed by atoms with Crippen LogP contribution in [0.2, 0.25) is 0 Å². The second-order valence-electron chi connectivity index (χ2n) is 5.74. The smallest absolute Gasteiger partial charge is 0.253 e. The van der Waals surface area contributed by atoms with E-state index in [1.807, 2.05) is 37.3 Å². The molecule has 2 heterocycles. The van der Waals surface area contributed by atoms with Crippen molar-refractivity contribution >= 4 is 28.0 Å². The van der Waals surface area contributed by atoms with Crippen molar-refractivity contribution in [2.75, 3.05) is 6.54 Å². The fourth-order valence-corrected chi connectivity index (χ4v) is 3.06. The minimum atomic E-state index is -0.190. The van der Waals surface area contributed by atoms with E-state index in [4.69, 9.17) is 4.42 Å². The quantitative estimate of drug-likeness (QED) is 0.592. The summed E-state index contributed by atoms with van der Waals surface area (Å²) in [6, 6.07) is 14.6. The number of hydrogen-bond donors (Lipinski definition) is 2. The highest BCUT2D eigenvalue weighted by Gasteiger charge is 2.21. The third kappa shape index (κ3) is 2.50. The van der Waals surface area contributed by atoms with Crippen molar-refractivity contribution in [3.05, 3.63) is 60.3 Å².